The van der Waals surface area contributed by atoms with E-state index in [2.05, 4.69) is 16.7 Å². The van der Waals surface area contributed by atoms with Crippen molar-refractivity contribution in [1.82, 2.24) is 5.32 Å². The first-order valence-corrected chi connectivity index (χ1v) is 5.50. The van der Waals surface area contributed by atoms with Gasteiger partial charge in [0.15, 0.2) is 0 Å². The van der Waals surface area contributed by atoms with E-state index in [0.717, 1.165) is 24.5 Å². The number of benzene rings is 1. The molecule has 1 aliphatic heterocycles. The molecule has 2 rings (SSSR count). The fraction of sp³-hybridized carbons (Fsp3) is 0.500. The largest absolute Gasteiger partial charge is 0.497 e. The molecular formula is C12H18N2O. The summed E-state index contributed by atoms with van der Waals surface area (Å²) in [6.07, 6.45) is 2.49. The van der Waals surface area contributed by atoms with Gasteiger partial charge >= 0.3 is 0 Å². The summed E-state index contributed by atoms with van der Waals surface area (Å²) in [5, 5.41) is 6.90. The second-order valence-corrected chi connectivity index (χ2v) is 3.92. The minimum atomic E-state index is 0.547. The Morgan fingerprint density at radius 2 is 2.40 bits per heavy atom. The Bertz CT molecular complexity index is 308. The minimum Gasteiger partial charge on any atom is -0.497 e. The van der Waals surface area contributed by atoms with Crippen LogP contribution >= 0.6 is 0 Å². The first kappa shape index (κ1) is 10.3. The molecule has 2 N–H and O–H groups in total. The third kappa shape index (κ3) is 2.86. The van der Waals surface area contributed by atoms with Crippen LogP contribution in [0, 0.1) is 0 Å². The molecule has 0 aliphatic carbocycles. The second-order valence-electron chi connectivity index (χ2n) is 3.92. The molecule has 1 fully saturated rings. The van der Waals surface area contributed by atoms with Crippen LogP contribution in [-0.4, -0.2) is 26.2 Å². The maximum atomic E-state index is 5.19. The number of ether oxygens (including phenoxy) is 1. The average Bonchev–Trinajstić information content (AvgIpc) is 2.31. The third-order valence-electron chi connectivity index (χ3n) is 2.74. The van der Waals surface area contributed by atoms with E-state index in [1.807, 2.05) is 18.2 Å². The molecule has 0 aromatic heterocycles. The Hall–Kier alpha value is -1.22. The van der Waals surface area contributed by atoms with Crippen molar-refractivity contribution in [3.63, 3.8) is 0 Å². The van der Waals surface area contributed by atoms with Crippen LogP contribution in [0.3, 0.4) is 0 Å². The number of hydrogen-bond acceptors (Lipinski definition) is 3. The van der Waals surface area contributed by atoms with E-state index in [1.165, 1.54) is 12.8 Å². The molecule has 82 valence electrons. The maximum Gasteiger partial charge on any atom is 0.120 e. The monoisotopic (exact) mass is 206 g/mol. The standard InChI is InChI=1S/C12H18N2O/c1-15-12-6-2-4-10(8-12)14-11-5-3-7-13-9-11/h2,4,6,8,11,13-14H,3,5,7,9H2,1H3. The Morgan fingerprint density at radius 3 is 3.13 bits per heavy atom. The van der Waals surface area contributed by atoms with Crippen LogP contribution in [0.4, 0.5) is 5.69 Å². The molecule has 3 heteroatoms. The van der Waals surface area contributed by atoms with Crippen LogP contribution in [0.1, 0.15) is 12.8 Å². The Balaban J connectivity index is 1.96. The molecule has 1 atom stereocenters. The summed E-state index contributed by atoms with van der Waals surface area (Å²) in [5.74, 6) is 0.906. The topological polar surface area (TPSA) is 33.3 Å². The maximum absolute atomic E-state index is 5.19. The van der Waals surface area contributed by atoms with E-state index >= 15 is 0 Å². The summed E-state index contributed by atoms with van der Waals surface area (Å²) < 4.78 is 5.19. The highest BCUT2D eigenvalue weighted by Gasteiger charge is 2.12. The number of nitrogens with one attached hydrogen (secondary N) is 2. The van der Waals surface area contributed by atoms with Gasteiger partial charge in [0.05, 0.1) is 7.11 Å². The van der Waals surface area contributed by atoms with Crippen LogP contribution in [-0.2, 0) is 0 Å². The molecular weight excluding hydrogens is 188 g/mol. The third-order valence-corrected chi connectivity index (χ3v) is 2.74. The summed E-state index contributed by atoms with van der Waals surface area (Å²) in [4.78, 5) is 0. The highest BCUT2D eigenvalue weighted by Crippen LogP contribution is 2.18. The van der Waals surface area contributed by atoms with Crippen molar-refractivity contribution >= 4 is 5.69 Å². The molecule has 1 unspecified atom stereocenters. The molecule has 1 saturated heterocycles. The molecule has 0 amide bonds. The van der Waals surface area contributed by atoms with Crippen molar-refractivity contribution < 1.29 is 4.74 Å². The SMILES string of the molecule is COc1cccc(NC2CCCNC2)c1. The molecule has 1 heterocycles. The van der Waals surface area contributed by atoms with Crippen LogP contribution in [0.2, 0.25) is 0 Å². The second kappa shape index (κ2) is 5.03. The van der Waals surface area contributed by atoms with Gasteiger partial charge < -0.3 is 15.4 Å². The number of hydrogen-bond donors (Lipinski definition) is 2. The Kier molecular flexibility index (Phi) is 3.45. The Labute approximate surface area is 90.8 Å². The predicted molar refractivity (Wildman–Crippen MR) is 62.5 cm³/mol. The van der Waals surface area contributed by atoms with Gasteiger partial charge in [-0.3, -0.25) is 0 Å². The van der Waals surface area contributed by atoms with Crippen molar-refractivity contribution in [2.24, 2.45) is 0 Å². The molecule has 0 spiro atoms. The zero-order chi connectivity index (χ0) is 10.5. The van der Waals surface area contributed by atoms with Gasteiger partial charge in [-0.1, -0.05) is 6.07 Å². The van der Waals surface area contributed by atoms with Crippen molar-refractivity contribution in [2.45, 2.75) is 18.9 Å². The van der Waals surface area contributed by atoms with Crippen molar-refractivity contribution in [3.8, 4) is 5.75 Å². The summed E-state index contributed by atoms with van der Waals surface area (Å²) in [5.41, 5.74) is 1.14. The summed E-state index contributed by atoms with van der Waals surface area (Å²) in [7, 11) is 1.70. The van der Waals surface area contributed by atoms with Gasteiger partial charge in [0, 0.05) is 24.3 Å². The van der Waals surface area contributed by atoms with E-state index in [0.29, 0.717) is 6.04 Å². The summed E-state index contributed by atoms with van der Waals surface area (Å²) in [6, 6.07) is 8.64. The number of methoxy groups -OCH3 is 1. The smallest absolute Gasteiger partial charge is 0.120 e. The number of anilines is 1. The fourth-order valence-electron chi connectivity index (χ4n) is 1.92. The predicted octanol–water partition coefficient (Wildman–Crippen LogP) is 1.86. The first-order chi connectivity index (χ1) is 7.38. The van der Waals surface area contributed by atoms with E-state index in [-0.39, 0.29) is 0 Å². The zero-order valence-corrected chi connectivity index (χ0v) is 9.12. The lowest BCUT2D eigenvalue weighted by atomic mass is 10.1. The summed E-state index contributed by atoms with van der Waals surface area (Å²) in [6.45, 7) is 2.20. The molecule has 1 aliphatic rings. The fourth-order valence-corrected chi connectivity index (χ4v) is 1.92. The van der Waals surface area contributed by atoms with Gasteiger partial charge in [0.1, 0.15) is 5.75 Å². The molecule has 1 aromatic carbocycles. The molecule has 1 aromatic rings. The molecule has 0 radical (unpaired) electrons. The minimum absolute atomic E-state index is 0.547. The lowest BCUT2D eigenvalue weighted by molar-refractivity contribution is 0.414. The van der Waals surface area contributed by atoms with Crippen molar-refractivity contribution in [3.05, 3.63) is 24.3 Å². The summed E-state index contributed by atoms with van der Waals surface area (Å²) >= 11 is 0. The lowest BCUT2D eigenvalue weighted by Crippen LogP contribution is -2.38. The van der Waals surface area contributed by atoms with Crippen molar-refractivity contribution in [2.75, 3.05) is 25.5 Å². The van der Waals surface area contributed by atoms with Gasteiger partial charge in [0.25, 0.3) is 0 Å². The van der Waals surface area contributed by atoms with Gasteiger partial charge in [-0.25, -0.2) is 0 Å². The quantitative estimate of drug-likeness (QED) is 0.792. The molecule has 0 bridgehead atoms. The Morgan fingerprint density at radius 1 is 1.47 bits per heavy atom. The van der Waals surface area contributed by atoms with Crippen LogP contribution in [0.15, 0.2) is 24.3 Å². The number of rotatable bonds is 3. The van der Waals surface area contributed by atoms with E-state index in [1.54, 1.807) is 7.11 Å². The van der Waals surface area contributed by atoms with Crippen LogP contribution in [0.5, 0.6) is 5.75 Å². The molecule has 0 saturated carbocycles. The first-order valence-electron chi connectivity index (χ1n) is 5.50. The average molecular weight is 206 g/mol. The van der Waals surface area contributed by atoms with Crippen molar-refractivity contribution in [1.29, 1.82) is 0 Å². The van der Waals surface area contributed by atoms with E-state index in [4.69, 9.17) is 4.74 Å². The van der Waals surface area contributed by atoms with Gasteiger partial charge in [0.2, 0.25) is 0 Å². The highest BCUT2D eigenvalue weighted by atomic mass is 16.5. The normalized spacial score (nSPS) is 21.0. The van der Waals surface area contributed by atoms with E-state index < -0.39 is 0 Å². The van der Waals surface area contributed by atoms with Gasteiger partial charge in [-0.15, -0.1) is 0 Å². The van der Waals surface area contributed by atoms with Gasteiger partial charge in [-0.05, 0) is 31.5 Å². The molecule has 3 nitrogen and oxygen atoms in total. The molecule has 15 heavy (non-hydrogen) atoms. The zero-order valence-electron chi connectivity index (χ0n) is 9.12. The van der Waals surface area contributed by atoms with Gasteiger partial charge in [-0.2, -0.15) is 0 Å². The van der Waals surface area contributed by atoms with Crippen LogP contribution < -0.4 is 15.4 Å². The number of piperidine rings is 1. The van der Waals surface area contributed by atoms with E-state index in [9.17, 15) is 0 Å². The highest BCUT2D eigenvalue weighted by molar-refractivity contribution is 5.48. The van der Waals surface area contributed by atoms with Crippen LogP contribution in [0.25, 0.3) is 0 Å². The lowest BCUT2D eigenvalue weighted by Gasteiger charge is -2.24.